The van der Waals surface area contributed by atoms with Crippen LogP contribution < -0.4 is 10.1 Å². The number of aryl methyl sites for hydroxylation is 2. The van der Waals surface area contributed by atoms with Crippen molar-refractivity contribution in [1.29, 1.82) is 0 Å². The van der Waals surface area contributed by atoms with Gasteiger partial charge in [0.2, 0.25) is 5.91 Å². The second kappa shape index (κ2) is 6.19. The lowest BCUT2D eigenvalue weighted by Gasteiger charge is -2.08. The first kappa shape index (κ1) is 14.1. The summed E-state index contributed by atoms with van der Waals surface area (Å²) < 4.78 is 5.26. The molecular formula is C16H18N2O2. The SMILES string of the molecule is COc1cc(CC(=O)Nc2cccc(C)n2)ccc1C. The summed E-state index contributed by atoms with van der Waals surface area (Å²) in [5.74, 6) is 1.28. The second-order valence-corrected chi connectivity index (χ2v) is 4.69. The topological polar surface area (TPSA) is 51.2 Å². The van der Waals surface area contributed by atoms with Gasteiger partial charge >= 0.3 is 0 Å². The highest BCUT2D eigenvalue weighted by atomic mass is 16.5. The van der Waals surface area contributed by atoms with Gasteiger partial charge < -0.3 is 10.1 Å². The van der Waals surface area contributed by atoms with Crippen molar-refractivity contribution in [2.24, 2.45) is 0 Å². The van der Waals surface area contributed by atoms with Crippen LogP contribution in [0.4, 0.5) is 5.82 Å². The molecule has 0 bridgehead atoms. The lowest BCUT2D eigenvalue weighted by molar-refractivity contribution is -0.115. The van der Waals surface area contributed by atoms with Crippen LogP contribution in [0.3, 0.4) is 0 Å². The molecular weight excluding hydrogens is 252 g/mol. The number of benzene rings is 1. The van der Waals surface area contributed by atoms with Crippen LogP contribution >= 0.6 is 0 Å². The van der Waals surface area contributed by atoms with Crippen LogP contribution in [0, 0.1) is 13.8 Å². The smallest absolute Gasteiger partial charge is 0.229 e. The lowest BCUT2D eigenvalue weighted by atomic mass is 10.1. The molecule has 104 valence electrons. The minimum Gasteiger partial charge on any atom is -0.496 e. The third-order valence-electron chi connectivity index (χ3n) is 2.99. The summed E-state index contributed by atoms with van der Waals surface area (Å²) in [5, 5.41) is 2.79. The zero-order valence-corrected chi connectivity index (χ0v) is 11.9. The summed E-state index contributed by atoms with van der Waals surface area (Å²) in [6, 6.07) is 11.3. The van der Waals surface area contributed by atoms with E-state index >= 15 is 0 Å². The van der Waals surface area contributed by atoms with E-state index in [4.69, 9.17) is 4.74 Å². The maximum Gasteiger partial charge on any atom is 0.229 e. The summed E-state index contributed by atoms with van der Waals surface area (Å²) in [7, 11) is 1.63. The van der Waals surface area contributed by atoms with E-state index in [1.807, 2.05) is 44.2 Å². The molecule has 2 rings (SSSR count). The zero-order chi connectivity index (χ0) is 14.5. The number of hydrogen-bond donors (Lipinski definition) is 1. The number of amides is 1. The number of methoxy groups -OCH3 is 1. The van der Waals surface area contributed by atoms with Gasteiger partial charge in [-0.3, -0.25) is 4.79 Å². The van der Waals surface area contributed by atoms with E-state index in [0.29, 0.717) is 12.2 Å². The van der Waals surface area contributed by atoms with E-state index in [1.54, 1.807) is 13.2 Å². The average molecular weight is 270 g/mol. The molecule has 0 aliphatic heterocycles. The summed E-state index contributed by atoms with van der Waals surface area (Å²) in [4.78, 5) is 16.2. The highest BCUT2D eigenvalue weighted by Gasteiger charge is 2.07. The number of rotatable bonds is 4. The number of pyridine rings is 1. The number of carbonyl (C=O) groups is 1. The van der Waals surface area contributed by atoms with Crippen LogP contribution in [0.2, 0.25) is 0 Å². The van der Waals surface area contributed by atoms with Gasteiger partial charge in [-0.2, -0.15) is 0 Å². The Morgan fingerprint density at radius 2 is 2.05 bits per heavy atom. The molecule has 2 aromatic rings. The normalized spacial score (nSPS) is 10.2. The quantitative estimate of drug-likeness (QED) is 0.929. The fraction of sp³-hybridized carbons (Fsp3) is 0.250. The van der Waals surface area contributed by atoms with Crippen molar-refractivity contribution in [3.63, 3.8) is 0 Å². The van der Waals surface area contributed by atoms with Crippen molar-refractivity contribution in [2.75, 3.05) is 12.4 Å². The minimum absolute atomic E-state index is 0.0889. The zero-order valence-electron chi connectivity index (χ0n) is 11.9. The molecule has 4 heteroatoms. The molecule has 0 radical (unpaired) electrons. The third-order valence-corrected chi connectivity index (χ3v) is 2.99. The second-order valence-electron chi connectivity index (χ2n) is 4.69. The van der Waals surface area contributed by atoms with Crippen LogP contribution in [0.15, 0.2) is 36.4 Å². The van der Waals surface area contributed by atoms with E-state index < -0.39 is 0 Å². The Morgan fingerprint density at radius 1 is 1.25 bits per heavy atom. The van der Waals surface area contributed by atoms with E-state index in [0.717, 1.165) is 22.6 Å². The third kappa shape index (κ3) is 3.57. The Bertz CT molecular complexity index is 624. The Balaban J connectivity index is 2.04. The Kier molecular flexibility index (Phi) is 4.35. The van der Waals surface area contributed by atoms with Gasteiger partial charge in [-0.05, 0) is 43.2 Å². The first-order valence-electron chi connectivity index (χ1n) is 6.45. The molecule has 0 unspecified atom stereocenters. The fourth-order valence-electron chi connectivity index (χ4n) is 1.96. The van der Waals surface area contributed by atoms with Gasteiger partial charge in [0, 0.05) is 5.69 Å². The van der Waals surface area contributed by atoms with Crippen molar-refractivity contribution in [2.45, 2.75) is 20.3 Å². The van der Waals surface area contributed by atoms with Crippen LogP contribution in [0.25, 0.3) is 0 Å². The van der Waals surface area contributed by atoms with Gasteiger partial charge in [-0.1, -0.05) is 18.2 Å². The molecule has 1 aromatic carbocycles. The molecule has 1 heterocycles. The molecule has 0 atom stereocenters. The van der Waals surface area contributed by atoms with E-state index in [1.165, 1.54) is 0 Å². The summed E-state index contributed by atoms with van der Waals surface area (Å²) >= 11 is 0. The molecule has 1 N–H and O–H groups in total. The molecule has 0 fully saturated rings. The molecule has 4 nitrogen and oxygen atoms in total. The highest BCUT2D eigenvalue weighted by Crippen LogP contribution is 2.19. The van der Waals surface area contributed by atoms with Crippen LogP contribution in [-0.2, 0) is 11.2 Å². The summed E-state index contributed by atoms with van der Waals surface area (Å²) in [6.07, 6.45) is 0.298. The summed E-state index contributed by atoms with van der Waals surface area (Å²) in [6.45, 7) is 3.86. The predicted molar refractivity (Wildman–Crippen MR) is 79.0 cm³/mol. The average Bonchev–Trinajstić information content (AvgIpc) is 2.41. The number of nitrogens with zero attached hydrogens (tertiary/aromatic N) is 1. The fourth-order valence-corrected chi connectivity index (χ4v) is 1.96. The maximum atomic E-state index is 12.0. The molecule has 0 saturated heterocycles. The minimum atomic E-state index is -0.0889. The number of ether oxygens (including phenoxy) is 1. The van der Waals surface area contributed by atoms with E-state index in [9.17, 15) is 4.79 Å². The molecule has 0 saturated carbocycles. The first-order chi connectivity index (χ1) is 9.58. The first-order valence-corrected chi connectivity index (χ1v) is 6.45. The standard InChI is InChI=1S/C16H18N2O2/c1-11-7-8-13(9-14(11)20-3)10-16(19)18-15-6-4-5-12(2)17-15/h4-9H,10H2,1-3H3,(H,17,18,19). The molecule has 0 aliphatic carbocycles. The molecule has 1 amide bonds. The Hall–Kier alpha value is -2.36. The van der Waals surface area contributed by atoms with Crippen molar-refractivity contribution < 1.29 is 9.53 Å². The van der Waals surface area contributed by atoms with Gasteiger partial charge in [0.1, 0.15) is 11.6 Å². The van der Waals surface area contributed by atoms with Gasteiger partial charge in [0.15, 0.2) is 0 Å². The maximum absolute atomic E-state index is 12.0. The van der Waals surface area contributed by atoms with Crippen molar-refractivity contribution in [1.82, 2.24) is 4.98 Å². The Morgan fingerprint density at radius 3 is 2.75 bits per heavy atom. The van der Waals surface area contributed by atoms with Crippen molar-refractivity contribution >= 4 is 11.7 Å². The predicted octanol–water partition coefficient (Wildman–Crippen LogP) is 2.89. The number of anilines is 1. The highest BCUT2D eigenvalue weighted by molar-refractivity contribution is 5.91. The van der Waals surface area contributed by atoms with Gasteiger partial charge in [0.05, 0.1) is 13.5 Å². The monoisotopic (exact) mass is 270 g/mol. The molecule has 20 heavy (non-hydrogen) atoms. The number of aromatic nitrogens is 1. The number of carbonyl (C=O) groups excluding carboxylic acids is 1. The van der Waals surface area contributed by atoms with Crippen molar-refractivity contribution in [3.8, 4) is 5.75 Å². The molecule has 0 aliphatic rings. The molecule has 1 aromatic heterocycles. The lowest BCUT2D eigenvalue weighted by Crippen LogP contribution is -2.15. The summed E-state index contributed by atoms with van der Waals surface area (Å²) in [5.41, 5.74) is 2.84. The Labute approximate surface area is 118 Å². The van der Waals surface area contributed by atoms with Gasteiger partial charge in [-0.15, -0.1) is 0 Å². The van der Waals surface area contributed by atoms with E-state index in [-0.39, 0.29) is 5.91 Å². The van der Waals surface area contributed by atoms with E-state index in [2.05, 4.69) is 10.3 Å². The van der Waals surface area contributed by atoms with Gasteiger partial charge in [-0.25, -0.2) is 4.98 Å². The van der Waals surface area contributed by atoms with Crippen molar-refractivity contribution in [3.05, 3.63) is 53.2 Å². The molecule has 0 spiro atoms. The van der Waals surface area contributed by atoms with Crippen LogP contribution in [0.1, 0.15) is 16.8 Å². The number of nitrogens with one attached hydrogen (secondary N) is 1. The van der Waals surface area contributed by atoms with Gasteiger partial charge in [0.25, 0.3) is 0 Å². The number of hydrogen-bond acceptors (Lipinski definition) is 3. The van der Waals surface area contributed by atoms with Crippen LogP contribution in [0.5, 0.6) is 5.75 Å². The van der Waals surface area contributed by atoms with Crippen LogP contribution in [-0.4, -0.2) is 18.0 Å². The largest absolute Gasteiger partial charge is 0.496 e.